The number of nitrogens with zero attached hydrogens (tertiary/aromatic N) is 4. The molecule has 2 fully saturated rings. The Balaban J connectivity index is 1.40. The number of nitrogens with one attached hydrogen (secondary N) is 2. The van der Waals surface area contributed by atoms with Crippen LogP contribution in [0.4, 0.5) is 17.2 Å². The quantitative estimate of drug-likeness (QED) is 0.812. The summed E-state index contributed by atoms with van der Waals surface area (Å²) in [5.74, 6) is 1.13. The number of likely N-dealkylation sites (N-methyl/N-ethyl adjacent to an activating group) is 1. The van der Waals surface area contributed by atoms with Crippen molar-refractivity contribution in [2.75, 3.05) is 48.8 Å². The van der Waals surface area contributed by atoms with Crippen molar-refractivity contribution in [2.45, 2.75) is 38.6 Å². The first-order valence-electron chi connectivity index (χ1n) is 10.5. The third-order valence-corrected chi connectivity index (χ3v) is 5.77. The number of anilines is 3. The Bertz CT molecular complexity index is 839. The van der Waals surface area contributed by atoms with Crippen LogP contribution in [0.3, 0.4) is 0 Å². The maximum Gasteiger partial charge on any atom is 0.274 e. The summed E-state index contributed by atoms with van der Waals surface area (Å²) in [7, 11) is 2.15. The molecule has 4 rings (SSSR count). The highest BCUT2D eigenvalue weighted by Gasteiger charge is 2.18. The zero-order chi connectivity index (χ0) is 20.2. The van der Waals surface area contributed by atoms with E-state index in [-0.39, 0.29) is 5.91 Å². The molecule has 1 aliphatic carbocycles. The van der Waals surface area contributed by atoms with E-state index in [9.17, 15) is 4.79 Å². The molecular weight excluding hydrogens is 364 g/mol. The molecule has 7 nitrogen and oxygen atoms in total. The normalized spacial score (nSPS) is 18.1. The molecule has 7 heteroatoms. The molecule has 2 aromatic rings. The molecule has 1 aromatic carbocycles. The average molecular weight is 395 g/mol. The van der Waals surface area contributed by atoms with E-state index < -0.39 is 0 Å². The molecule has 1 saturated carbocycles. The van der Waals surface area contributed by atoms with Crippen LogP contribution in [0.5, 0.6) is 0 Å². The van der Waals surface area contributed by atoms with E-state index in [1.807, 2.05) is 19.1 Å². The van der Waals surface area contributed by atoms with Gasteiger partial charge in [-0.2, -0.15) is 0 Å². The minimum absolute atomic E-state index is 0.211. The van der Waals surface area contributed by atoms with Gasteiger partial charge in [0.25, 0.3) is 5.91 Å². The van der Waals surface area contributed by atoms with Crippen LogP contribution in [0, 0.1) is 6.92 Å². The Labute approximate surface area is 172 Å². The molecule has 2 aliphatic rings. The van der Waals surface area contributed by atoms with E-state index in [2.05, 4.69) is 49.6 Å². The van der Waals surface area contributed by atoms with Crippen LogP contribution in [-0.4, -0.2) is 60.0 Å². The molecule has 0 unspecified atom stereocenters. The second-order valence-electron chi connectivity index (χ2n) is 8.10. The number of rotatable bonds is 5. The minimum Gasteiger partial charge on any atom is -0.369 e. The number of aromatic nitrogens is 2. The van der Waals surface area contributed by atoms with E-state index in [1.54, 1.807) is 6.07 Å². The first kappa shape index (κ1) is 19.6. The van der Waals surface area contributed by atoms with Crippen LogP contribution in [-0.2, 0) is 0 Å². The van der Waals surface area contributed by atoms with Crippen molar-refractivity contribution in [1.29, 1.82) is 0 Å². The van der Waals surface area contributed by atoms with Gasteiger partial charge in [0.2, 0.25) is 0 Å². The predicted molar refractivity (Wildman–Crippen MR) is 117 cm³/mol. The second kappa shape index (κ2) is 8.78. The Morgan fingerprint density at radius 2 is 1.72 bits per heavy atom. The average Bonchev–Trinajstić information content (AvgIpc) is 3.22. The third kappa shape index (κ3) is 5.03. The van der Waals surface area contributed by atoms with E-state index in [4.69, 9.17) is 0 Å². The highest BCUT2D eigenvalue weighted by Crippen LogP contribution is 2.22. The van der Waals surface area contributed by atoms with Gasteiger partial charge in [-0.25, -0.2) is 9.97 Å². The molecular formula is C22H30N6O. The van der Waals surface area contributed by atoms with Crippen molar-refractivity contribution in [2.24, 2.45) is 0 Å². The SMILES string of the molecule is Cc1nc(NC2CCCC2)cc(C(=O)Nc2ccc(N3CCN(C)CC3)cc2)n1. The van der Waals surface area contributed by atoms with Crippen molar-refractivity contribution >= 4 is 23.1 Å². The lowest BCUT2D eigenvalue weighted by Crippen LogP contribution is -2.44. The van der Waals surface area contributed by atoms with Crippen molar-refractivity contribution in [3.05, 3.63) is 41.9 Å². The summed E-state index contributed by atoms with van der Waals surface area (Å²) in [6.45, 7) is 6.02. The molecule has 0 spiro atoms. The van der Waals surface area contributed by atoms with Crippen molar-refractivity contribution in [3.63, 3.8) is 0 Å². The molecule has 1 aromatic heterocycles. The predicted octanol–water partition coefficient (Wildman–Crippen LogP) is 3.14. The van der Waals surface area contributed by atoms with Gasteiger partial charge in [0.1, 0.15) is 17.3 Å². The second-order valence-corrected chi connectivity index (χ2v) is 8.10. The molecule has 1 saturated heterocycles. The number of piperazine rings is 1. The highest BCUT2D eigenvalue weighted by atomic mass is 16.1. The van der Waals surface area contributed by atoms with Gasteiger partial charge in [-0.05, 0) is 51.1 Å². The fourth-order valence-corrected chi connectivity index (χ4v) is 4.05. The first-order chi connectivity index (χ1) is 14.1. The number of benzene rings is 1. The van der Waals surface area contributed by atoms with Crippen LogP contribution < -0.4 is 15.5 Å². The summed E-state index contributed by atoms with van der Waals surface area (Å²) in [5.41, 5.74) is 2.35. The van der Waals surface area contributed by atoms with E-state index in [0.29, 0.717) is 17.6 Å². The molecule has 2 heterocycles. The Hall–Kier alpha value is -2.67. The molecule has 2 N–H and O–H groups in total. The number of hydrogen-bond donors (Lipinski definition) is 2. The lowest BCUT2D eigenvalue weighted by molar-refractivity contribution is 0.102. The zero-order valence-electron chi connectivity index (χ0n) is 17.3. The molecule has 1 amide bonds. The summed E-state index contributed by atoms with van der Waals surface area (Å²) >= 11 is 0. The number of aryl methyl sites for hydroxylation is 1. The van der Waals surface area contributed by atoms with Crippen molar-refractivity contribution in [3.8, 4) is 0 Å². The minimum atomic E-state index is -0.211. The standard InChI is InChI=1S/C22H30N6O/c1-16-23-20(15-21(24-16)25-17-5-3-4-6-17)22(29)26-18-7-9-19(10-8-18)28-13-11-27(2)12-14-28/h7-10,15,17H,3-6,11-14H2,1-2H3,(H,26,29)(H,23,24,25). The van der Waals surface area contributed by atoms with Gasteiger partial charge in [-0.1, -0.05) is 12.8 Å². The van der Waals surface area contributed by atoms with Crippen LogP contribution in [0.25, 0.3) is 0 Å². The highest BCUT2D eigenvalue weighted by molar-refractivity contribution is 6.03. The van der Waals surface area contributed by atoms with Crippen LogP contribution >= 0.6 is 0 Å². The van der Waals surface area contributed by atoms with E-state index in [0.717, 1.165) is 50.5 Å². The Morgan fingerprint density at radius 1 is 1.03 bits per heavy atom. The van der Waals surface area contributed by atoms with Gasteiger partial charge >= 0.3 is 0 Å². The van der Waals surface area contributed by atoms with E-state index >= 15 is 0 Å². The van der Waals surface area contributed by atoms with E-state index in [1.165, 1.54) is 18.5 Å². The van der Waals surface area contributed by atoms with Gasteiger partial charge in [0, 0.05) is 49.7 Å². The zero-order valence-corrected chi connectivity index (χ0v) is 17.3. The number of hydrogen-bond acceptors (Lipinski definition) is 6. The van der Waals surface area contributed by atoms with Gasteiger partial charge in [-0.15, -0.1) is 0 Å². The van der Waals surface area contributed by atoms with Gasteiger partial charge in [0.05, 0.1) is 0 Å². The number of amides is 1. The summed E-state index contributed by atoms with van der Waals surface area (Å²) < 4.78 is 0. The monoisotopic (exact) mass is 394 g/mol. The Kier molecular flexibility index (Phi) is 5.94. The van der Waals surface area contributed by atoms with Gasteiger partial charge < -0.3 is 20.4 Å². The van der Waals surface area contributed by atoms with Gasteiger partial charge in [0.15, 0.2) is 0 Å². The fraction of sp³-hybridized carbons (Fsp3) is 0.500. The maximum absolute atomic E-state index is 12.7. The molecule has 0 bridgehead atoms. The molecule has 0 radical (unpaired) electrons. The van der Waals surface area contributed by atoms with Crippen LogP contribution in [0.15, 0.2) is 30.3 Å². The van der Waals surface area contributed by atoms with Crippen molar-refractivity contribution in [1.82, 2.24) is 14.9 Å². The topological polar surface area (TPSA) is 73.4 Å². The van der Waals surface area contributed by atoms with Crippen LogP contribution in [0.1, 0.15) is 42.0 Å². The number of carbonyl (C=O) groups is 1. The van der Waals surface area contributed by atoms with Gasteiger partial charge in [-0.3, -0.25) is 4.79 Å². The Morgan fingerprint density at radius 3 is 2.41 bits per heavy atom. The number of carbonyl (C=O) groups excluding carboxylic acids is 1. The molecule has 1 aliphatic heterocycles. The molecule has 154 valence electrons. The lowest BCUT2D eigenvalue weighted by Gasteiger charge is -2.34. The summed E-state index contributed by atoms with van der Waals surface area (Å²) in [4.78, 5) is 26.2. The summed E-state index contributed by atoms with van der Waals surface area (Å²) in [6.07, 6.45) is 4.81. The van der Waals surface area contributed by atoms with Crippen molar-refractivity contribution < 1.29 is 4.79 Å². The third-order valence-electron chi connectivity index (χ3n) is 5.77. The fourth-order valence-electron chi connectivity index (χ4n) is 4.05. The molecule has 29 heavy (non-hydrogen) atoms. The first-order valence-corrected chi connectivity index (χ1v) is 10.5. The van der Waals surface area contributed by atoms with Crippen LogP contribution in [0.2, 0.25) is 0 Å². The summed E-state index contributed by atoms with van der Waals surface area (Å²) in [5, 5.41) is 6.41. The smallest absolute Gasteiger partial charge is 0.274 e. The lowest BCUT2D eigenvalue weighted by atomic mass is 10.2. The maximum atomic E-state index is 12.7. The summed E-state index contributed by atoms with van der Waals surface area (Å²) in [6, 6.07) is 10.2. The molecule has 0 atom stereocenters. The largest absolute Gasteiger partial charge is 0.369 e.